The highest BCUT2D eigenvalue weighted by Gasteiger charge is 2.31. The molecule has 1 saturated heterocycles. The van der Waals surface area contributed by atoms with Crippen LogP contribution in [0.2, 0.25) is 0 Å². The lowest BCUT2D eigenvalue weighted by Gasteiger charge is -2.21. The van der Waals surface area contributed by atoms with Crippen molar-refractivity contribution < 1.29 is 9.47 Å². The number of halogens is 1. The first kappa shape index (κ1) is 12.9. The van der Waals surface area contributed by atoms with E-state index in [0.29, 0.717) is 16.8 Å². The topological polar surface area (TPSA) is 18.5 Å². The minimum Gasteiger partial charge on any atom is -0.496 e. The summed E-state index contributed by atoms with van der Waals surface area (Å²) in [5, 5.41) is 0. The Hall–Kier alpha value is -0.540. The van der Waals surface area contributed by atoms with E-state index in [0.717, 1.165) is 18.8 Å². The predicted octanol–water partition coefficient (Wildman–Crippen LogP) is 3.86. The van der Waals surface area contributed by atoms with Gasteiger partial charge in [0.1, 0.15) is 5.75 Å². The van der Waals surface area contributed by atoms with Gasteiger partial charge in [0, 0.05) is 17.4 Å². The zero-order valence-corrected chi connectivity index (χ0v) is 12.2. The fourth-order valence-corrected chi connectivity index (χ4v) is 3.43. The highest BCUT2D eigenvalue weighted by Crippen LogP contribution is 2.40. The Balaban J connectivity index is 2.19. The fraction of sp³-hybridized carbons (Fsp3) is 0.571. The van der Waals surface area contributed by atoms with E-state index < -0.39 is 0 Å². The SMILES string of the molecule is COc1ccc(C(Br)C2CCOC2C)cc1C. The molecule has 0 bridgehead atoms. The smallest absolute Gasteiger partial charge is 0.121 e. The normalized spacial score (nSPS) is 25.9. The molecule has 1 aliphatic heterocycles. The molecule has 3 atom stereocenters. The molecule has 1 heterocycles. The Morgan fingerprint density at radius 3 is 2.76 bits per heavy atom. The van der Waals surface area contributed by atoms with Crippen molar-refractivity contribution in [1.82, 2.24) is 0 Å². The number of hydrogen-bond acceptors (Lipinski definition) is 2. The fourth-order valence-electron chi connectivity index (χ4n) is 2.45. The molecule has 1 aliphatic rings. The second kappa shape index (κ2) is 5.40. The third-order valence-electron chi connectivity index (χ3n) is 3.55. The van der Waals surface area contributed by atoms with E-state index in [4.69, 9.17) is 9.47 Å². The molecule has 17 heavy (non-hydrogen) atoms. The third kappa shape index (κ3) is 2.66. The maximum atomic E-state index is 5.63. The minimum absolute atomic E-state index is 0.335. The van der Waals surface area contributed by atoms with Crippen LogP contribution in [0.15, 0.2) is 18.2 Å². The summed E-state index contributed by atoms with van der Waals surface area (Å²) in [4.78, 5) is 0.365. The van der Waals surface area contributed by atoms with Crippen LogP contribution in [0.5, 0.6) is 5.75 Å². The Morgan fingerprint density at radius 2 is 2.24 bits per heavy atom. The molecule has 0 N–H and O–H groups in total. The van der Waals surface area contributed by atoms with Crippen molar-refractivity contribution in [2.75, 3.05) is 13.7 Å². The number of hydrogen-bond donors (Lipinski definition) is 0. The monoisotopic (exact) mass is 298 g/mol. The van der Waals surface area contributed by atoms with E-state index in [2.05, 4.69) is 41.9 Å². The average Bonchev–Trinajstić information content (AvgIpc) is 2.74. The van der Waals surface area contributed by atoms with E-state index >= 15 is 0 Å². The third-order valence-corrected chi connectivity index (χ3v) is 4.76. The highest BCUT2D eigenvalue weighted by molar-refractivity contribution is 9.09. The maximum absolute atomic E-state index is 5.63. The van der Waals surface area contributed by atoms with Crippen LogP contribution in [0.3, 0.4) is 0 Å². The van der Waals surface area contributed by atoms with Gasteiger partial charge in [-0.25, -0.2) is 0 Å². The molecule has 0 aliphatic carbocycles. The van der Waals surface area contributed by atoms with Crippen molar-refractivity contribution in [3.63, 3.8) is 0 Å². The Labute approximate surface area is 111 Å². The van der Waals surface area contributed by atoms with E-state index in [1.165, 1.54) is 11.1 Å². The zero-order valence-electron chi connectivity index (χ0n) is 10.6. The number of rotatable bonds is 3. The summed E-state index contributed by atoms with van der Waals surface area (Å²) in [6.45, 7) is 5.11. The van der Waals surface area contributed by atoms with Crippen LogP contribution in [0.4, 0.5) is 0 Å². The molecule has 1 aromatic carbocycles. The number of methoxy groups -OCH3 is 1. The van der Waals surface area contributed by atoms with Crippen LogP contribution in [-0.2, 0) is 4.74 Å². The molecule has 1 aromatic rings. The van der Waals surface area contributed by atoms with Gasteiger partial charge in [0.2, 0.25) is 0 Å². The number of benzene rings is 1. The zero-order chi connectivity index (χ0) is 12.4. The van der Waals surface area contributed by atoms with Crippen LogP contribution < -0.4 is 4.74 Å². The van der Waals surface area contributed by atoms with Gasteiger partial charge in [-0.2, -0.15) is 0 Å². The van der Waals surface area contributed by atoms with Crippen LogP contribution >= 0.6 is 15.9 Å². The van der Waals surface area contributed by atoms with E-state index in [1.54, 1.807) is 7.11 Å². The number of ether oxygens (including phenoxy) is 2. The first-order chi connectivity index (χ1) is 8.13. The summed E-state index contributed by atoms with van der Waals surface area (Å²) in [6.07, 6.45) is 1.46. The standard InChI is InChI=1S/C14H19BrO2/c1-9-8-11(4-5-13(9)16-3)14(15)12-6-7-17-10(12)2/h4-5,8,10,12,14H,6-7H2,1-3H3. The predicted molar refractivity (Wildman–Crippen MR) is 72.9 cm³/mol. The first-order valence-electron chi connectivity index (χ1n) is 6.03. The van der Waals surface area contributed by atoms with Crippen LogP contribution in [0.1, 0.15) is 29.3 Å². The molecular formula is C14H19BrO2. The van der Waals surface area contributed by atoms with Gasteiger partial charge in [-0.3, -0.25) is 0 Å². The summed E-state index contributed by atoms with van der Waals surface area (Å²) in [6, 6.07) is 6.37. The molecule has 0 radical (unpaired) electrons. The minimum atomic E-state index is 0.335. The van der Waals surface area contributed by atoms with Crippen molar-refractivity contribution in [2.45, 2.75) is 31.2 Å². The van der Waals surface area contributed by atoms with Gasteiger partial charge in [-0.1, -0.05) is 28.1 Å². The summed E-state index contributed by atoms with van der Waals surface area (Å²) >= 11 is 3.81. The van der Waals surface area contributed by atoms with Crippen molar-refractivity contribution in [3.05, 3.63) is 29.3 Å². The van der Waals surface area contributed by atoms with Gasteiger partial charge in [-0.05, 0) is 37.5 Å². The highest BCUT2D eigenvalue weighted by atomic mass is 79.9. The second-order valence-corrected chi connectivity index (χ2v) is 5.65. The van der Waals surface area contributed by atoms with E-state index in [-0.39, 0.29) is 0 Å². The number of alkyl halides is 1. The van der Waals surface area contributed by atoms with E-state index in [1.807, 2.05) is 6.07 Å². The lowest BCUT2D eigenvalue weighted by molar-refractivity contribution is 0.105. The van der Waals surface area contributed by atoms with Crippen LogP contribution in [-0.4, -0.2) is 19.8 Å². The van der Waals surface area contributed by atoms with Crippen molar-refractivity contribution in [2.24, 2.45) is 5.92 Å². The maximum Gasteiger partial charge on any atom is 0.121 e. The Bertz CT molecular complexity index is 392. The molecular weight excluding hydrogens is 280 g/mol. The summed E-state index contributed by atoms with van der Waals surface area (Å²) < 4.78 is 10.9. The van der Waals surface area contributed by atoms with Crippen molar-refractivity contribution >= 4 is 15.9 Å². The van der Waals surface area contributed by atoms with Gasteiger partial charge in [-0.15, -0.1) is 0 Å². The molecule has 0 aromatic heterocycles. The van der Waals surface area contributed by atoms with Gasteiger partial charge in [0.15, 0.2) is 0 Å². The summed E-state index contributed by atoms with van der Waals surface area (Å²) in [7, 11) is 1.71. The molecule has 0 spiro atoms. The van der Waals surface area contributed by atoms with Gasteiger partial charge in [0.05, 0.1) is 13.2 Å². The van der Waals surface area contributed by atoms with Gasteiger partial charge < -0.3 is 9.47 Å². The van der Waals surface area contributed by atoms with Gasteiger partial charge >= 0.3 is 0 Å². The molecule has 94 valence electrons. The lowest BCUT2D eigenvalue weighted by atomic mass is 9.93. The number of aryl methyl sites for hydroxylation is 1. The quantitative estimate of drug-likeness (QED) is 0.789. The average molecular weight is 299 g/mol. The second-order valence-electron chi connectivity index (χ2n) is 4.66. The summed E-state index contributed by atoms with van der Waals surface area (Å²) in [5.41, 5.74) is 2.49. The molecule has 0 saturated carbocycles. The summed E-state index contributed by atoms with van der Waals surface area (Å²) in [5.74, 6) is 1.51. The molecule has 0 amide bonds. The first-order valence-corrected chi connectivity index (χ1v) is 6.95. The lowest BCUT2D eigenvalue weighted by Crippen LogP contribution is -2.16. The molecule has 1 fully saturated rings. The molecule has 2 nitrogen and oxygen atoms in total. The van der Waals surface area contributed by atoms with Gasteiger partial charge in [0.25, 0.3) is 0 Å². The van der Waals surface area contributed by atoms with Crippen LogP contribution in [0, 0.1) is 12.8 Å². The Kier molecular flexibility index (Phi) is 4.10. The van der Waals surface area contributed by atoms with Crippen molar-refractivity contribution in [3.8, 4) is 5.75 Å². The molecule has 3 heteroatoms. The molecule has 2 rings (SSSR count). The largest absolute Gasteiger partial charge is 0.496 e. The van der Waals surface area contributed by atoms with E-state index in [9.17, 15) is 0 Å². The Morgan fingerprint density at radius 1 is 1.47 bits per heavy atom. The van der Waals surface area contributed by atoms with Crippen molar-refractivity contribution in [1.29, 1.82) is 0 Å². The van der Waals surface area contributed by atoms with Crippen LogP contribution in [0.25, 0.3) is 0 Å². The molecule has 3 unspecified atom stereocenters.